The number of nitrogens with one attached hydrogen (secondary N) is 3. The van der Waals surface area contributed by atoms with E-state index in [4.69, 9.17) is 16.0 Å². The van der Waals surface area contributed by atoms with Gasteiger partial charge in [-0.05, 0) is 48.4 Å². The Hall–Kier alpha value is -1.98. The minimum Gasteiger partial charge on any atom is -0.448 e. The average molecular weight is 292 g/mol. The molecule has 0 bridgehead atoms. The molecule has 0 radical (unpaired) electrons. The molecule has 20 heavy (non-hydrogen) atoms. The van der Waals surface area contributed by atoms with E-state index in [0.29, 0.717) is 11.8 Å². The molecule has 1 unspecified atom stereocenters. The van der Waals surface area contributed by atoms with Gasteiger partial charge in [-0.3, -0.25) is 0 Å². The highest BCUT2D eigenvalue weighted by molar-refractivity contribution is 6.28. The van der Waals surface area contributed by atoms with Gasteiger partial charge in [-0.15, -0.1) is 0 Å². The van der Waals surface area contributed by atoms with E-state index >= 15 is 0 Å². The maximum atomic E-state index is 11.2. The second-order valence-corrected chi connectivity index (χ2v) is 5.07. The Morgan fingerprint density at radius 3 is 2.80 bits per heavy atom. The van der Waals surface area contributed by atoms with Gasteiger partial charge >= 0.3 is 5.69 Å². The average Bonchev–Trinajstić information content (AvgIpc) is 2.99. The summed E-state index contributed by atoms with van der Waals surface area (Å²) in [7, 11) is 0. The third-order valence-corrected chi connectivity index (χ3v) is 3.45. The molecule has 1 atom stereocenters. The molecule has 2 aromatic heterocycles. The summed E-state index contributed by atoms with van der Waals surface area (Å²) < 4.78 is 5.29. The first kappa shape index (κ1) is 13.0. The van der Waals surface area contributed by atoms with Crippen molar-refractivity contribution in [2.45, 2.75) is 19.5 Å². The number of halogens is 1. The van der Waals surface area contributed by atoms with Gasteiger partial charge in [0.15, 0.2) is 5.22 Å². The molecule has 0 aliphatic rings. The van der Waals surface area contributed by atoms with E-state index in [-0.39, 0.29) is 11.7 Å². The highest BCUT2D eigenvalue weighted by Crippen LogP contribution is 2.18. The molecule has 0 aliphatic carbocycles. The van der Waals surface area contributed by atoms with Gasteiger partial charge in [0.25, 0.3) is 0 Å². The standard InChI is InChI=1S/C14H14ClN3O2/c1-8(16-7-10-3-5-13(15)20-10)9-2-4-11-12(6-9)18-14(19)17-11/h2-6,8,16H,7H2,1H3,(H2,17,18,19). The maximum Gasteiger partial charge on any atom is 0.323 e. The van der Waals surface area contributed by atoms with Crippen LogP contribution in [-0.4, -0.2) is 9.97 Å². The van der Waals surface area contributed by atoms with Crippen LogP contribution in [0.15, 0.2) is 39.5 Å². The fourth-order valence-electron chi connectivity index (χ4n) is 2.14. The minimum absolute atomic E-state index is 0.127. The van der Waals surface area contributed by atoms with Crippen LogP contribution in [0.3, 0.4) is 0 Å². The van der Waals surface area contributed by atoms with Crippen molar-refractivity contribution in [3.63, 3.8) is 0 Å². The van der Waals surface area contributed by atoms with Crippen LogP contribution in [0.4, 0.5) is 0 Å². The lowest BCUT2D eigenvalue weighted by Crippen LogP contribution is -2.17. The molecule has 3 aromatic rings. The molecule has 3 N–H and O–H groups in total. The van der Waals surface area contributed by atoms with Crippen LogP contribution in [0.25, 0.3) is 11.0 Å². The molecule has 1 aromatic carbocycles. The molecule has 6 heteroatoms. The minimum atomic E-state index is -0.192. The number of imidazole rings is 1. The second kappa shape index (κ2) is 5.19. The van der Waals surface area contributed by atoms with Gasteiger partial charge in [-0.1, -0.05) is 6.07 Å². The fraction of sp³-hybridized carbons (Fsp3) is 0.214. The largest absolute Gasteiger partial charge is 0.448 e. The van der Waals surface area contributed by atoms with Crippen molar-refractivity contribution in [2.24, 2.45) is 0 Å². The van der Waals surface area contributed by atoms with Crippen LogP contribution in [0.1, 0.15) is 24.3 Å². The lowest BCUT2D eigenvalue weighted by atomic mass is 10.1. The van der Waals surface area contributed by atoms with E-state index in [2.05, 4.69) is 22.2 Å². The zero-order chi connectivity index (χ0) is 14.1. The number of benzene rings is 1. The number of aromatic nitrogens is 2. The van der Waals surface area contributed by atoms with Crippen molar-refractivity contribution in [3.8, 4) is 0 Å². The molecule has 0 fully saturated rings. The van der Waals surface area contributed by atoms with Crippen molar-refractivity contribution in [1.82, 2.24) is 15.3 Å². The summed E-state index contributed by atoms with van der Waals surface area (Å²) in [6, 6.07) is 9.53. The fourth-order valence-corrected chi connectivity index (χ4v) is 2.30. The summed E-state index contributed by atoms with van der Waals surface area (Å²) in [5.41, 5.74) is 2.51. The van der Waals surface area contributed by atoms with Gasteiger partial charge in [0, 0.05) is 6.04 Å². The highest BCUT2D eigenvalue weighted by atomic mass is 35.5. The monoisotopic (exact) mass is 291 g/mol. The Kier molecular flexibility index (Phi) is 3.38. The van der Waals surface area contributed by atoms with E-state index in [9.17, 15) is 4.79 Å². The highest BCUT2D eigenvalue weighted by Gasteiger charge is 2.08. The first-order chi connectivity index (χ1) is 9.61. The molecule has 0 saturated heterocycles. The van der Waals surface area contributed by atoms with Gasteiger partial charge in [-0.2, -0.15) is 0 Å². The number of furan rings is 1. The number of rotatable bonds is 4. The van der Waals surface area contributed by atoms with Gasteiger partial charge < -0.3 is 19.7 Å². The summed E-state index contributed by atoms with van der Waals surface area (Å²) in [5.74, 6) is 0.790. The molecular weight excluding hydrogens is 278 g/mol. The summed E-state index contributed by atoms with van der Waals surface area (Å²) in [6.45, 7) is 2.64. The number of H-pyrrole nitrogens is 2. The molecule has 0 spiro atoms. The van der Waals surface area contributed by atoms with Crippen LogP contribution in [-0.2, 0) is 6.54 Å². The quantitative estimate of drug-likeness (QED) is 0.692. The van der Waals surface area contributed by atoms with Crippen LogP contribution < -0.4 is 11.0 Å². The van der Waals surface area contributed by atoms with Gasteiger partial charge in [0.2, 0.25) is 0 Å². The third-order valence-electron chi connectivity index (χ3n) is 3.25. The zero-order valence-corrected chi connectivity index (χ0v) is 11.6. The molecule has 0 saturated carbocycles. The van der Waals surface area contributed by atoms with Crippen molar-refractivity contribution in [3.05, 3.63) is 57.4 Å². The first-order valence-corrected chi connectivity index (χ1v) is 6.69. The van der Waals surface area contributed by atoms with Crippen molar-refractivity contribution >= 4 is 22.6 Å². The lowest BCUT2D eigenvalue weighted by Gasteiger charge is -2.13. The Labute approximate surface area is 120 Å². The van der Waals surface area contributed by atoms with Crippen LogP contribution in [0.5, 0.6) is 0 Å². The number of aromatic amines is 2. The molecule has 104 valence electrons. The number of hydrogen-bond acceptors (Lipinski definition) is 3. The summed E-state index contributed by atoms with van der Waals surface area (Å²) in [6.07, 6.45) is 0. The molecule has 3 rings (SSSR count). The summed E-state index contributed by atoms with van der Waals surface area (Å²) in [4.78, 5) is 16.7. The molecule has 0 amide bonds. The summed E-state index contributed by atoms with van der Waals surface area (Å²) in [5, 5.41) is 3.74. The van der Waals surface area contributed by atoms with Crippen LogP contribution in [0, 0.1) is 0 Å². The smallest absolute Gasteiger partial charge is 0.323 e. The maximum absolute atomic E-state index is 11.2. The van der Waals surface area contributed by atoms with E-state index in [1.807, 2.05) is 24.3 Å². The SMILES string of the molecule is CC(NCc1ccc(Cl)o1)c1ccc2[nH]c(=O)[nH]c2c1. The van der Waals surface area contributed by atoms with E-state index in [0.717, 1.165) is 22.4 Å². The predicted octanol–water partition coefficient (Wildman–Crippen LogP) is 2.95. The molecule has 2 heterocycles. The van der Waals surface area contributed by atoms with E-state index in [1.165, 1.54) is 0 Å². The van der Waals surface area contributed by atoms with Crippen molar-refractivity contribution in [1.29, 1.82) is 0 Å². The van der Waals surface area contributed by atoms with Crippen LogP contribution >= 0.6 is 11.6 Å². The third kappa shape index (κ3) is 2.64. The topological polar surface area (TPSA) is 73.8 Å². The Bertz CT molecular complexity index is 787. The first-order valence-electron chi connectivity index (χ1n) is 6.31. The Morgan fingerprint density at radius 2 is 2.05 bits per heavy atom. The second-order valence-electron chi connectivity index (χ2n) is 4.69. The zero-order valence-electron chi connectivity index (χ0n) is 10.9. The lowest BCUT2D eigenvalue weighted by molar-refractivity contribution is 0.462. The summed E-state index contributed by atoms with van der Waals surface area (Å²) >= 11 is 5.73. The molecule has 0 aliphatic heterocycles. The predicted molar refractivity (Wildman–Crippen MR) is 77.9 cm³/mol. The molecular formula is C14H14ClN3O2. The normalized spacial score (nSPS) is 12.9. The van der Waals surface area contributed by atoms with E-state index < -0.39 is 0 Å². The number of fused-ring (bicyclic) bond motifs is 1. The Morgan fingerprint density at radius 1 is 1.25 bits per heavy atom. The van der Waals surface area contributed by atoms with Crippen molar-refractivity contribution in [2.75, 3.05) is 0 Å². The van der Waals surface area contributed by atoms with Crippen LogP contribution in [0.2, 0.25) is 5.22 Å². The van der Waals surface area contributed by atoms with Crippen molar-refractivity contribution < 1.29 is 4.42 Å². The van der Waals surface area contributed by atoms with Gasteiger partial charge in [-0.25, -0.2) is 4.79 Å². The van der Waals surface area contributed by atoms with Gasteiger partial charge in [0.05, 0.1) is 17.6 Å². The number of hydrogen-bond donors (Lipinski definition) is 3. The Balaban J connectivity index is 1.74. The van der Waals surface area contributed by atoms with E-state index in [1.54, 1.807) is 6.07 Å². The molecule has 5 nitrogen and oxygen atoms in total. The van der Waals surface area contributed by atoms with Gasteiger partial charge in [0.1, 0.15) is 5.76 Å².